The molecule has 0 fully saturated rings. The Bertz CT molecular complexity index is 398. The number of hydrogen-bond acceptors (Lipinski definition) is 5. The number of aliphatic hydroxyl groups excluding tert-OH is 2. The van der Waals surface area contributed by atoms with E-state index in [2.05, 4.69) is 5.32 Å². The second kappa shape index (κ2) is 9.25. The van der Waals surface area contributed by atoms with Crippen LogP contribution >= 0.6 is 11.8 Å². The van der Waals surface area contributed by atoms with Gasteiger partial charge in [0.2, 0.25) is 0 Å². The number of aliphatic hydroxyl groups is 2. The van der Waals surface area contributed by atoms with Crippen LogP contribution in [0.15, 0.2) is 17.0 Å². The SMILES string of the molecule is COCCNCc1cc(F)c(SCC(O)CO)c(F)c1. The molecule has 3 N–H and O–H groups in total. The van der Waals surface area contributed by atoms with E-state index >= 15 is 0 Å². The first-order valence-corrected chi connectivity index (χ1v) is 7.16. The summed E-state index contributed by atoms with van der Waals surface area (Å²) in [6.45, 7) is 1.04. The van der Waals surface area contributed by atoms with Gasteiger partial charge in [0.15, 0.2) is 0 Å². The zero-order chi connectivity index (χ0) is 15.0. The van der Waals surface area contributed by atoms with Gasteiger partial charge in [-0.2, -0.15) is 0 Å². The van der Waals surface area contributed by atoms with Crippen LogP contribution in [0.5, 0.6) is 0 Å². The minimum atomic E-state index is -0.991. The Morgan fingerprint density at radius 3 is 2.55 bits per heavy atom. The fourth-order valence-electron chi connectivity index (χ4n) is 1.49. The van der Waals surface area contributed by atoms with E-state index in [-0.39, 0.29) is 10.6 Å². The van der Waals surface area contributed by atoms with Crippen LogP contribution in [0, 0.1) is 11.6 Å². The third kappa shape index (κ3) is 5.72. The minimum absolute atomic E-state index is 0.0375. The summed E-state index contributed by atoms with van der Waals surface area (Å²) in [5.41, 5.74) is 0.503. The molecule has 1 atom stereocenters. The Morgan fingerprint density at radius 2 is 2.00 bits per heavy atom. The van der Waals surface area contributed by atoms with E-state index in [0.717, 1.165) is 11.8 Å². The van der Waals surface area contributed by atoms with Crippen LogP contribution in [0.25, 0.3) is 0 Å². The predicted octanol–water partition coefficient (Wildman–Crippen LogP) is 1.15. The molecule has 0 aliphatic rings. The molecule has 1 aromatic carbocycles. The van der Waals surface area contributed by atoms with Crippen LogP contribution in [-0.2, 0) is 11.3 Å². The number of ether oxygens (including phenoxy) is 1. The molecule has 0 radical (unpaired) electrons. The van der Waals surface area contributed by atoms with Crippen molar-refractivity contribution in [3.05, 3.63) is 29.3 Å². The number of hydrogen-bond donors (Lipinski definition) is 3. The maximum absolute atomic E-state index is 13.8. The van der Waals surface area contributed by atoms with Gasteiger partial charge >= 0.3 is 0 Å². The van der Waals surface area contributed by atoms with E-state index in [1.165, 1.54) is 12.1 Å². The Balaban J connectivity index is 2.61. The highest BCUT2D eigenvalue weighted by Crippen LogP contribution is 2.27. The lowest BCUT2D eigenvalue weighted by molar-refractivity contribution is 0.113. The van der Waals surface area contributed by atoms with E-state index in [0.29, 0.717) is 25.3 Å². The summed E-state index contributed by atoms with van der Waals surface area (Å²) in [6.07, 6.45) is -0.991. The Kier molecular flexibility index (Phi) is 8.01. The molecule has 0 aliphatic carbocycles. The van der Waals surface area contributed by atoms with E-state index in [9.17, 15) is 13.9 Å². The molecule has 0 aliphatic heterocycles. The predicted molar refractivity (Wildman–Crippen MR) is 73.8 cm³/mol. The van der Waals surface area contributed by atoms with Crippen LogP contribution in [-0.4, -0.2) is 48.9 Å². The van der Waals surface area contributed by atoms with Gasteiger partial charge in [0.25, 0.3) is 0 Å². The molecule has 1 unspecified atom stereocenters. The third-order valence-corrected chi connectivity index (χ3v) is 3.73. The van der Waals surface area contributed by atoms with Crippen molar-refractivity contribution in [2.45, 2.75) is 17.5 Å². The van der Waals surface area contributed by atoms with E-state index in [1.807, 2.05) is 0 Å². The van der Waals surface area contributed by atoms with Gasteiger partial charge in [0, 0.05) is 26.0 Å². The first-order chi connectivity index (χ1) is 9.58. The summed E-state index contributed by atoms with van der Waals surface area (Å²) in [4.78, 5) is -0.141. The summed E-state index contributed by atoms with van der Waals surface area (Å²) in [7, 11) is 1.58. The van der Waals surface area contributed by atoms with Crippen molar-refractivity contribution in [2.24, 2.45) is 0 Å². The summed E-state index contributed by atoms with van der Waals surface area (Å²) in [5.74, 6) is -1.29. The van der Waals surface area contributed by atoms with Gasteiger partial charge in [0.1, 0.15) is 11.6 Å². The van der Waals surface area contributed by atoms with Gasteiger partial charge in [0.05, 0.1) is 24.2 Å². The quantitative estimate of drug-likeness (QED) is 0.472. The summed E-state index contributed by atoms with van der Waals surface area (Å²) in [5, 5.41) is 20.8. The normalized spacial score (nSPS) is 12.7. The second-order valence-corrected chi connectivity index (χ2v) is 5.24. The highest BCUT2D eigenvalue weighted by Gasteiger charge is 2.13. The van der Waals surface area contributed by atoms with Crippen LogP contribution in [0.3, 0.4) is 0 Å². The molecule has 0 heterocycles. The molecule has 4 nitrogen and oxygen atoms in total. The summed E-state index contributed by atoms with van der Waals surface area (Å²) < 4.78 is 32.4. The van der Waals surface area contributed by atoms with E-state index in [1.54, 1.807) is 7.11 Å². The monoisotopic (exact) mass is 307 g/mol. The average Bonchev–Trinajstić information content (AvgIpc) is 2.42. The van der Waals surface area contributed by atoms with Crippen LogP contribution in [0.2, 0.25) is 0 Å². The molecule has 20 heavy (non-hydrogen) atoms. The maximum Gasteiger partial charge on any atom is 0.140 e. The number of nitrogens with one attached hydrogen (secondary N) is 1. The highest BCUT2D eigenvalue weighted by atomic mass is 32.2. The Morgan fingerprint density at radius 1 is 1.35 bits per heavy atom. The number of methoxy groups -OCH3 is 1. The summed E-state index contributed by atoms with van der Waals surface area (Å²) in [6, 6.07) is 2.52. The van der Waals surface area contributed by atoms with Crippen molar-refractivity contribution in [1.82, 2.24) is 5.32 Å². The number of rotatable bonds is 9. The standard InChI is InChI=1S/C13H19F2NO3S/c1-19-3-2-16-6-9-4-11(14)13(12(15)5-9)20-8-10(18)7-17/h4-5,10,16-18H,2-3,6-8H2,1H3. The fraction of sp³-hybridized carbons (Fsp3) is 0.538. The topological polar surface area (TPSA) is 61.7 Å². The Hall–Kier alpha value is -0.730. The molecule has 1 aromatic rings. The van der Waals surface area contributed by atoms with Gasteiger partial charge in [-0.25, -0.2) is 8.78 Å². The molecular formula is C13H19F2NO3S. The molecule has 1 rings (SSSR count). The molecule has 0 saturated carbocycles. The fourth-order valence-corrected chi connectivity index (χ4v) is 2.35. The minimum Gasteiger partial charge on any atom is -0.394 e. The lowest BCUT2D eigenvalue weighted by atomic mass is 10.2. The van der Waals surface area contributed by atoms with Crippen LogP contribution in [0.4, 0.5) is 8.78 Å². The van der Waals surface area contributed by atoms with E-state index < -0.39 is 24.3 Å². The third-order valence-electron chi connectivity index (χ3n) is 2.50. The second-order valence-electron chi connectivity index (χ2n) is 4.21. The molecule has 0 spiro atoms. The first kappa shape index (κ1) is 17.3. The molecular weight excluding hydrogens is 288 g/mol. The van der Waals surface area contributed by atoms with Gasteiger partial charge in [-0.05, 0) is 17.7 Å². The number of halogens is 2. The average molecular weight is 307 g/mol. The van der Waals surface area contributed by atoms with Crippen molar-refractivity contribution in [3.63, 3.8) is 0 Å². The van der Waals surface area contributed by atoms with E-state index in [4.69, 9.17) is 9.84 Å². The van der Waals surface area contributed by atoms with Crippen molar-refractivity contribution >= 4 is 11.8 Å². The zero-order valence-corrected chi connectivity index (χ0v) is 12.1. The molecule has 114 valence electrons. The van der Waals surface area contributed by atoms with Crippen molar-refractivity contribution in [1.29, 1.82) is 0 Å². The van der Waals surface area contributed by atoms with Crippen molar-refractivity contribution in [2.75, 3.05) is 32.6 Å². The van der Waals surface area contributed by atoms with Crippen molar-refractivity contribution < 1.29 is 23.7 Å². The smallest absolute Gasteiger partial charge is 0.140 e. The van der Waals surface area contributed by atoms with Gasteiger partial charge < -0.3 is 20.3 Å². The molecule has 0 aromatic heterocycles. The first-order valence-electron chi connectivity index (χ1n) is 6.17. The van der Waals surface area contributed by atoms with Gasteiger partial charge in [-0.1, -0.05) is 0 Å². The van der Waals surface area contributed by atoms with Crippen LogP contribution in [0.1, 0.15) is 5.56 Å². The zero-order valence-electron chi connectivity index (χ0n) is 11.2. The Labute approximate surface area is 121 Å². The molecule has 0 bridgehead atoms. The van der Waals surface area contributed by atoms with Crippen LogP contribution < -0.4 is 5.32 Å². The molecule has 0 amide bonds. The largest absolute Gasteiger partial charge is 0.394 e. The van der Waals surface area contributed by atoms with Crippen molar-refractivity contribution in [3.8, 4) is 0 Å². The lowest BCUT2D eigenvalue weighted by Gasteiger charge is -2.10. The number of thioether (sulfide) groups is 1. The highest BCUT2D eigenvalue weighted by molar-refractivity contribution is 7.99. The summed E-state index contributed by atoms with van der Waals surface area (Å²) >= 11 is 0.847. The molecule has 0 saturated heterocycles. The van der Waals surface area contributed by atoms with Gasteiger partial charge in [-0.15, -0.1) is 11.8 Å². The molecule has 7 heteroatoms. The van der Waals surface area contributed by atoms with Gasteiger partial charge in [-0.3, -0.25) is 0 Å². The maximum atomic E-state index is 13.8. The lowest BCUT2D eigenvalue weighted by Crippen LogP contribution is -2.19. The number of benzene rings is 1.